The molecular formula is C21H20N4O5S. The lowest BCUT2D eigenvalue weighted by Crippen LogP contribution is -2.46. The Labute approximate surface area is 182 Å². The normalized spacial score (nSPS) is 22.0. The predicted octanol–water partition coefficient (Wildman–Crippen LogP) is 2.35. The summed E-state index contributed by atoms with van der Waals surface area (Å²) >= 11 is 1.30. The van der Waals surface area contributed by atoms with E-state index in [9.17, 15) is 19.2 Å². The Kier molecular flexibility index (Phi) is 5.32. The van der Waals surface area contributed by atoms with E-state index in [0.29, 0.717) is 27.6 Å². The fraction of sp³-hybridized carbons (Fsp3) is 0.238. The third kappa shape index (κ3) is 4.19. The highest BCUT2D eigenvalue weighted by atomic mass is 32.2. The average molecular weight is 440 g/mol. The van der Waals surface area contributed by atoms with E-state index in [2.05, 4.69) is 21.3 Å². The molecule has 0 radical (unpaired) electrons. The van der Waals surface area contributed by atoms with E-state index in [4.69, 9.17) is 4.74 Å². The maximum atomic E-state index is 12.9. The molecule has 160 valence electrons. The number of carbonyl (C=O) groups excluding carboxylic acids is 4. The van der Waals surface area contributed by atoms with Crippen LogP contribution >= 0.6 is 11.8 Å². The van der Waals surface area contributed by atoms with Crippen molar-refractivity contribution >= 4 is 46.9 Å². The summed E-state index contributed by atoms with van der Waals surface area (Å²) in [4.78, 5) is 48.9. The molecule has 2 aliphatic rings. The maximum absolute atomic E-state index is 12.9. The molecule has 0 bridgehead atoms. The number of ether oxygens (including phenoxy) is 1. The largest absolute Gasteiger partial charge is 0.479 e. The lowest BCUT2D eigenvalue weighted by atomic mass is 10.1. The van der Waals surface area contributed by atoms with Crippen molar-refractivity contribution in [2.75, 3.05) is 16.4 Å². The van der Waals surface area contributed by atoms with Gasteiger partial charge < -0.3 is 20.7 Å². The van der Waals surface area contributed by atoms with E-state index >= 15 is 0 Å². The number of carbonyl (C=O) groups is 4. The third-order valence-corrected chi connectivity index (χ3v) is 6.32. The number of nitrogens with one attached hydrogen (secondary N) is 4. The summed E-state index contributed by atoms with van der Waals surface area (Å²) < 4.78 is 5.52. The summed E-state index contributed by atoms with van der Waals surface area (Å²) in [7, 11) is 0. The van der Waals surface area contributed by atoms with Crippen molar-refractivity contribution in [3.05, 3.63) is 48.0 Å². The Morgan fingerprint density at radius 2 is 1.94 bits per heavy atom. The van der Waals surface area contributed by atoms with Gasteiger partial charge in [0.05, 0.1) is 11.3 Å². The minimum atomic E-state index is -1.06. The van der Waals surface area contributed by atoms with E-state index in [1.807, 2.05) is 0 Å². The molecule has 1 saturated heterocycles. The minimum absolute atomic E-state index is 0.255. The number of anilines is 2. The molecule has 0 unspecified atom stereocenters. The number of thioether (sulfide) groups is 1. The molecule has 0 aromatic heterocycles. The van der Waals surface area contributed by atoms with Gasteiger partial charge >= 0.3 is 6.03 Å². The molecule has 5 amide bonds. The van der Waals surface area contributed by atoms with Crippen LogP contribution in [0.25, 0.3) is 0 Å². The molecular weight excluding hydrogens is 420 g/mol. The quantitative estimate of drug-likeness (QED) is 0.418. The molecule has 31 heavy (non-hydrogen) atoms. The summed E-state index contributed by atoms with van der Waals surface area (Å²) in [6.45, 7) is 3.29. The highest BCUT2D eigenvalue weighted by molar-refractivity contribution is 7.99. The van der Waals surface area contributed by atoms with Gasteiger partial charge in [-0.25, -0.2) is 4.79 Å². The lowest BCUT2D eigenvalue weighted by Gasteiger charge is -2.23. The van der Waals surface area contributed by atoms with Crippen LogP contribution in [0, 0.1) is 0 Å². The summed E-state index contributed by atoms with van der Waals surface area (Å²) in [5, 5.41) is 10.4. The van der Waals surface area contributed by atoms with E-state index in [0.717, 1.165) is 0 Å². The topological polar surface area (TPSA) is 126 Å². The van der Waals surface area contributed by atoms with Crippen molar-refractivity contribution in [1.29, 1.82) is 0 Å². The predicted molar refractivity (Wildman–Crippen MR) is 115 cm³/mol. The standard InChI is InChI=1S/C21H20N4O5S/c1-11-17(26)23-14-9-12(7-8-15(14)30-11)22-18(27)13-5-3-4-6-16(13)31-10-21(2)19(28)24-20(29)25-21/h3-9,11H,10H2,1-2H3,(H,22,27)(H,23,26)(H2,24,25,28,29)/t11-,21-/m1/s1. The van der Waals surface area contributed by atoms with Crippen LogP contribution in [-0.2, 0) is 9.59 Å². The number of imide groups is 1. The van der Waals surface area contributed by atoms with Crippen LogP contribution in [0.5, 0.6) is 5.75 Å². The van der Waals surface area contributed by atoms with Crippen LogP contribution in [0.3, 0.4) is 0 Å². The zero-order chi connectivity index (χ0) is 22.2. The molecule has 0 saturated carbocycles. The van der Waals surface area contributed by atoms with Gasteiger partial charge in [0.15, 0.2) is 6.10 Å². The van der Waals surface area contributed by atoms with Gasteiger partial charge in [-0.1, -0.05) is 12.1 Å². The zero-order valence-corrected chi connectivity index (χ0v) is 17.6. The zero-order valence-electron chi connectivity index (χ0n) is 16.8. The van der Waals surface area contributed by atoms with Crippen molar-refractivity contribution < 1.29 is 23.9 Å². The lowest BCUT2D eigenvalue weighted by molar-refractivity contribution is -0.123. The number of hydrogen-bond acceptors (Lipinski definition) is 6. The second kappa shape index (κ2) is 7.95. The first-order valence-electron chi connectivity index (χ1n) is 9.53. The molecule has 9 nitrogen and oxygen atoms in total. The second-order valence-corrected chi connectivity index (χ2v) is 8.46. The summed E-state index contributed by atoms with van der Waals surface area (Å²) in [6, 6.07) is 11.5. The third-order valence-electron chi connectivity index (χ3n) is 4.93. The van der Waals surface area contributed by atoms with E-state index < -0.39 is 23.6 Å². The maximum Gasteiger partial charge on any atom is 0.322 e. The molecule has 0 spiro atoms. The van der Waals surface area contributed by atoms with Gasteiger partial charge in [0.1, 0.15) is 11.3 Å². The molecule has 4 N–H and O–H groups in total. The summed E-state index contributed by atoms with van der Waals surface area (Å²) in [6.07, 6.45) is -0.578. The Hall–Kier alpha value is -3.53. The van der Waals surface area contributed by atoms with E-state index in [1.165, 1.54) is 11.8 Å². The van der Waals surface area contributed by atoms with Crippen molar-refractivity contribution in [3.8, 4) is 5.75 Å². The Morgan fingerprint density at radius 1 is 1.16 bits per heavy atom. The number of fused-ring (bicyclic) bond motifs is 1. The molecule has 2 aliphatic heterocycles. The molecule has 10 heteroatoms. The van der Waals surface area contributed by atoms with Gasteiger partial charge in [-0.2, -0.15) is 0 Å². The first-order valence-corrected chi connectivity index (χ1v) is 10.5. The second-order valence-electron chi connectivity index (χ2n) is 7.44. The number of rotatable bonds is 5. The average Bonchev–Trinajstić information content (AvgIpc) is 2.99. The fourth-order valence-corrected chi connectivity index (χ4v) is 4.31. The van der Waals surface area contributed by atoms with Crippen molar-refractivity contribution in [1.82, 2.24) is 10.6 Å². The molecule has 4 rings (SSSR count). The number of benzene rings is 2. The van der Waals surface area contributed by atoms with Crippen LogP contribution < -0.4 is 26.0 Å². The summed E-state index contributed by atoms with van der Waals surface area (Å²) in [5.41, 5.74) is 0.349. The molecule has 2 heterocycles. The summed E-state index contributed by atoms with van der Waals surface area (Å²) in [5.74, 6) is -0.209. The number of hydrogen-bond donors (Lipinski definition) is 4. The van der Waals surface area contributed by atoms with Crippen molar-refractivity contribution in [3.63, 3.8) is 0 Å². The Morgan fingerprint density at radius 3 is 2.68 bits per heavy atom. The molecule has 2 aromatic carbocycles. The first-order chi connectivity index (χ1) is 14.7. The minimum Gasteiger partial charge on any atom is -0.479 e. The van der Waals surface area contributed by atoms with Crippen LogP contribution in [0.1, 0.15) is 24.2 Å². The van der Waals surface area contributed by atoms with Gasteiger partial charge in [0.2, 0.25) is 0 Å². The monoisotopic (exact) mass is 440 g/mol. The van der Waals surface area contributed by atoms with Crippen LogP contribution in [0.15, 0.2) is 47.4 Å². The van der Waals surface area contributed by atoms with Crippen molar-refractivity contribution in [2.45, 2.75) is 30.4 Å². The Balaban J connectivity index is 1.49. The van der Waals surface area contributed by atoms with Crippen LogP contribution in [-0.4, -0.2) is 41.1 Å². The number of urea groups is 1. The first kappa shape index (κ1) is 20.7. The SMILES string of the molecule is C[C@H]1Oc2ccc(NC(=O)c3ccccc3SC[C@@]3(C)NC(=O)NC3=O)cc2NC1=O. The van der Waals surface area contributed by atoms with Gasteiger partial charge in [-0.05, 0) is 44.2 Å². The van der Waals surface area contributed by atoms with Gasteiger partial charge in [-0.3, -0.25) is 19.7 Å². The van der Waals surface area contributed by atoms with Gasteiger partial charge in [-0.15, -0.1) is 11.8 Å². The van der Waals surface area contributed by atoms with Crippen LogP contribution in [0.2, 0.25) is 0 Å². The van der Waals surface area contributed by atoms with E-state index in [1.54, 1.807) is 56.3 Å². The molecule has 2 atom stereocenters. The Bertz CT molecular complexity index is 1100. The number of amides is 5. The molecule has 1 fully saturated rings. The highest BCUT2D eigenvalue weighted by Gasteiger charge is 2.42. The van der Waals surface area contributed by atoms with E-state index in [-0.39, 0.29) is 17.6 Å². The molecule has 2 aromatic rings. The van der Waals surface area contributed by atoms with Gasteiger partial charge in [0.25, 0.3) is 17.7 Å². The smallest absolute Gasteiger partial charge is 0.322 e. The fourth-order valence-electron chi connectivity index (χ4n) is 3.17. The highest BCUT2D eigenvalue weighted by Crippen LogP contribution is 2.33. The van der Waals surface area contributed by atoms with Crippen LogP contribution in [0.4, 0.5) is 16.2 Å². The molecule has 0 aliphatic carbocycles. The van der Waals surface area contributed by atoms with Gasteiger partial charge in [0, 0.05) is 16.3 Å². The van der Waals surface area contributed by atoms with Crippen molar-refractivity contribution in [2.24, 2.45) is 0 Å².